The molecule has 0 fully saturated rings. The molecule has 0 heterocycles. The summed E-state index contributed by atoms with van der Waals surface area (Å²) in [6, 6.07) is 0. The minimum absolute atomic E-state index is 1.06. The highest BCUT2D eigenvalue weighted by atomic mass is 13.8. The van der Waals surface area contributed by atoms with Crippen molar-refractivity contribution in [1.82, 2.24) is 0 Å². The Morgan fingerprint density at radius 3 is 1.75 bits per heavy atom. The number of hydrogen-bond donors (Lipinski definition) is 0. The maximum absolute atomic E-state index is 2.29. The van der Waals surface area contributed by atoms with Crippen LogP contribution in [-0.4, -0.2) is 7.85 Å². The maximum Gasteiger partial charge on any atom is 0.129 e. The second kappa shape index (κ2) is 14.0. The molecule has 0 aromatic heterocycles. The minimum atomic E-state index is 1.06. The molecule has 1 heteroatoms. The Hall–Kier alpha value is -0.975. The van der Waals surface area contributed by atoms with Gasteiger partial charge in [-0.05, 0) is 25.7 Å². The van der Waals surface area contributed by atoms with Gasteiger partial charge in [0.25, 0.3) is 0 Å². The Balaban J connectivity index is 3.33. The van der Waals surface area contributed by atoms with Crippen LogP contribution in [0.3, 0.4) is 0 Å². The van der Waals surface area contributed by atoms with Crippen molar-refractivity contribution in [2.75, 3.05) is 0 Å². The van der Waals surface area contributed by atoms with E-state index in [1.165, 1.54) is 19.3 Å². The van der Waals surface area contributed by atoms with Gasteiger partial charge in [-0.1, -0.05) is 62.3 Å². The standard InChI is InChI=1S/C15H25B/c1-2-3-4-5-6-7-8-9-10-11-12-13-14-15-16/h5-6,8-9,11-12,14-15H,2-4,7,10,13,16H2,1H3/b6-5-,9-8-,12-11-,15-14-. The summed E-state index contributed by atoms with van der Waals surface area (Å²) in [5.41, 5.74) is 0. The van der Waals surface area contributed by atoms with E-state index in [-0.39, 0.29) is 0 Å². The van der Waals surface area contributed by atoms with Gasteiger partial charge in [-0.2, -0.15) is 0 Å². The fourth-order valence-corrected chi connectivity index (χ4v) is 1.29. The molecule has 0 aromatic rings. The first-order chi connectivity index (χ1) is 7.91. The summed E-state index contributed by atoms with van der Waals surface area (Å²) in [5.74, 6) is 2.08. The molecule has 0 bridgehead atoms. The van der Waals surface area contributed by atoms with Crippen LogP contribution >= 0.6 is 0 Å². The van der Waals surface area contributed by atoms with Gasteiger partial charge in [-0.3, -0.25) is 0 Å². The highest BCUT2D eigenvalue weighted by Gasteiger charge is 1.77. The zero-order chi connectivity index (χ0) is 11.9. The van der Waals surface area contributed by atoms with Gasteiger partial charge >= 0.3 is 0 Å². The quantitative estimate of drug-likeness (QED) is 0.308. The monoisotopic (exact) mass is 216 g/mol. The molecule has 88 valence electrons. The van der Waals surface area contributed by atoms with Crippen LogP contribution in [0, 0.1) is 0 Å². The lowest BCUT2D eigenvalue weighted by atomic mass is 10.1. The number of rotatable bonds is 9. The van der Waals surface area contributed by atoms with E-state index >= 15 is 0 Å². The maximum atomic E-state index is 2.29. The van der Waals surface area contributed by atoms with Crippen LogP contribution < -0.4 is 0 Å². The van der Waals surface area contributed by atoms with Gasteiger partial charge in [-0.25, -0.2) is 0 Å². The van der Waals surface area contributed by atoms with E-state index in [9.17, 15) is 0 Å². The van der Waals surface area contributed by atoms with Crippen LogP contribution in [0.5, 0.6) is 0 Å². The van der Waals surface area contributed by atoms with Gasteiger partial charge < -0.3 is 0 Å². The molecule has 0 atom stereocenters. The fourth-order valence-electron chi connectivity index (χ4n) is 1.29. The zero-order valence-corrected chi connectivity index (χ0v) is 10.9. The number of allylic oxidation sites excluding steroid dienone is 7. The van der Waals surface area contributed by atoms with Gasteiger partial charge in [0.15, 0.2) is 0 Å². The summed E-state index contributed by atoms with van der Waals surface area (Å²) >= 11 is 0. The average Bonchev–Trinajstić information content (AvgIpc) is 2.31. The summed E-state index contributed by atoms with van der Waals surface area (Å²) in [6.45, 7) is 2.23. The molecule has 0 radical (unpaired) electrons. The van der Waals surface area contributed by atoms with Crippen LogP contribution in [0.25, 0.3) is 0 Å². The second-order valence-corrected chi connectivity index (χ2v) is 3.83. The predicted molar refractivity (Wildman–Crippen MR) is 78.5 cm³/mol. The van der Waals surface area contributed by atoms with Crippen LogP contribution in [0.2, 0.25) is 0 Å². The van der Waals surface area contributed by atoms with E-state index in [1.54, 1.807) is 0 Å². The molecule has 0 aliphatic heterocycles. The summed E-state index contributed by atoms with van der Waals surface area (Å²) < 4.78 is 0. The largest absolute Gasteiger partial charge is 0.129 e. The zero-order valence-electron chi connectivity index (χ0n) is 10.9. The van der Waals surface area contributed by atoms with Crippen LogP contribution in [0.15, 0.2) is 48.5 Å². The molecule has 0 amide bonds. The van der Waals surface area contributed by atoms with E-state index in [2.05, 4.69) is 63.3 Å². The smallest absolute Gasteiger partial charge is 0.127 e. The first kappa shape index (κ1) is 15.0. The first-order valence-corrected chi connectivity index (χ1v) is 6.48. The van der Waals surface area contributed by atoms with E-state index in [1.807, 2.05) is 0 Å². The molecule has 0 spiro atoms. The Morgan fingerprint density at radius 2 is 1.25 bits per heavy atom. The van der Waals surface area contributed by atoms with Crippen molar-refractivity contribution in [1.29, 1.82) is 0 Å². The number of unbranched alkanes of at least 4 members (excludes halogenated alkanes) is 2. The van der Waals surface area contributed by atoms with E-state index in [4.69, 9.17) is 0 Å². The predicted octanol–water partition coefficient (Wildman–Crippen LogP) is 4.16. The first-order valence-electron chi connectivity index (χ1n) is 6.48. The van der Waals surface area contributed by atoms with E-state index in [0.29, 0.717) is 0 Å². The third-order valence-electron chi connectivity index (χ3n) is 2.28. The van der Waals surface area contributed by atoms with Crippen LogP contribution in [0.4, 0.5) is 0 Å². The minimum Gasteiger partial charge on any atom is -0.127 e. The topological polar surface area (TPSA) is 0 Å². The van der Waals surface area contributed by atoms with Gasteiger partial charge in [0.2, 0.25) is 0 Å². The molecule has 16 heavy (non-hydrogen) atoms. The molecule has 0 unspecified atom stereocenters. The lowest BCUT2D eigenvalue weighted by molar-refractivity contribution is 0.813. The third-order valence-corrected chi connectivity index (χ3v) is 2.28. The molecule has 0 rings (SSSR count). The highest BCUT2D eigenvalue weighted by molar-refractivity contribution is 6.16. The molecule has 0 aliphatic carbocycles. The van der Waals surface area contributed by atoms with Gasteiger partial charge in [-0.15, -0.1) is 5.98 Å². The van der Waals surface area contributed by atoms with Crippen LogP contribution in [-0.2, 0) is 0 Å². The van der Waals surface area contributed by atoms with E-state index in [0.717, 1.165) is 19.3 Å². The SMILES string of the molecule is B/C=C\C/C=C\C/C=C\C/C=C\CCCC. The Morgan fingerprint density at radius 1 is 0.750 bits per heavy atom. The van der Waals surface area contributed by atoms with E-state index < -0.39 is 0 Å². The molecular weight excluding hydrogens is 191 g/mol. The van der Waals surface area contributed by atoms with Crippen molar-refractivity contribution in [2.45, 2.75) is 45.4 Å². The lowest BCUT2D eigenvalue weighted by Crippen LogP contribution is -1.67. The molecule has 0 aromatic carbocycles. The average molecular weight is 216 g/mol. The van der Waals surface area contributed by atoms with Crippen molar-refractivity contribution >= 4 is 7.85 Å². The molecule has 0 saturated carbocycles. The molecular formula is C15H25B. The lowest BCUT2D eigenvalue weighted by Gasteiger charge is -1.87. The summed E-state index contributed by atoms with van der Waals surface area (Å²) in [5, 5.41) is 0. The van der Waals surface area contributed by atoms with Crippen molar-refractivity contribution < 1.29 is 0 Å². The Bertz CT molecular complexity index is 234. The van der Waals surface area contributed by atoms with Gasteiger partial charge in [0.05, 0.1) is 0 Å². The molecule has 0 saturated heterocycles. The van der Waals surface area contributed by atoms with Crippen LogP contribution in [0.1, 0.15) is 45.4 Å². The van der Waals surface area contributed by atoms with Crippen molar-refractivity contribution in [3.8, 4) is 0 Å². The second-order valence-electron chi connectivity index (χ2n) is 3.83. The Kier molecular flexibility index (Phi) is 13.2. The normalized spacial score (nSPS) is 12.8. The summed E-state index contributed by atoms with van der Waals surface area (Å²) in [4.78, 5) is 0. The van der Waals surface area contributed by atoms with Crippen molar-refractivity contribution in [2.24, 2.45) is 0 Å². The van der Waals surface area contributed by atoms with Crippen molar-refractivity contribution in [3.05, 3.63) is 48.5 Å². The summed E-state index contributed by atoms with van der Waals surface area (Å²) in [7, 11) is 2.05. The molecule has 0 nitrogen and oxygen atoms in total. The Labute approximate surface area is 102 Å². The van der Waals surface area contributed by atoms with Gasteiger partial charge in [0.1, 0.15) is 7.85 Å². The molecule has 0 aliphatic rings. The fraction of sp³-hybridized carbons (Fsp3) is 0.467. The summed E-state index contributed by atoms with van der Waals surface area (Å²) in [6.07, 6.45) is 22.6. The van der Waals surface area contributed by atoms with Crippen molar-refractivity contribution in [3.63, 3.8) is 0 Å². The van der Waals surface area contributed by atoms with Gasteiger partial charge in [0, 0.05) is 0 Å². The third kappa shape index (κ3) is 13.0. The highest BCUT2D eigenvalue weighted by Crippen LogP contribution is 1.97. The molecule has 0 N–H and O–H groups in total. The number of hydrogen-bond acceptors (Lipinski definition) is 0.